The summed E-state index contributed by atoms with van der Waals surface area (Å²) < 4.78 is 0. The van der Waals surface area contributed by atoms with Crippen LogP contribution in [0.2, 0.25) is 0 Å². The second-order valence-electron chi connectivity index (χ2n) is 3.71. The Morgan fingerprint density at radius 1 is 1.41 bits per heavy atom. The lowest BCUT2D eigenvalue weighted by molar-refractivity contribution is 0.0691. The molecule has 0 aliphatic heterocycles. The van der Waals surface area contributed by atoms with Crippen LogP contribution in [0.1, 0.15) is 22.5 Å². The number of alkyl halides is 1. The van der Waals surface area contributed by atoms with Crippen LogP contribution in [0.4, 0.5) is 0 Å². The first-order chi connectivity index (χ1) is 8.20. The molecule has 0 unspecified atom stereocenters. The Kier molecular flexibility index (Phi) is 3.49. The number of benzene rings is 1. The predicted molar refractivity (Wildman–Crippen MR) is 69.6 cm³/mol. The molecule has 2 rings (SSSR count). The lowest BCUT2D eigenvalue weighted by Crippen LogP contribution is -1.94. The minimum atomic E-state index is -0.944. The smallest absolute Gasteiger partial charge is 0.352 e. The van der Waals surface area contributed by atoms with Crippen LogP contribution in [-0.2, 0) is 0 Å². The number of carboxylic acid groups (broad SMARTS) is 1. The van der Waals surface area contributed by atoms with Gasteiger partial charge in [-0.1, -0.05) is 24.3 Å². The zero-order chi connectivity index (χ0) is 12.3. The van der Waals surface area contributed by atoms with Crippen LogP contribution in [0.25, 0.3) is 17.0 Å². The van der Waals surface area contributed by atoms with Gasteiger partial charge in [0.2, 0.25) is 0 Å². The van der Waals surface area contributed by atoms with E-state index in [1.54, 1.807) is 6.07 Å². The number of H-pyrrole nitrogens is 1. The molecule has 0 saturated carbocycles. The third-order valence-corrected chi connectivity index (χ3v) is 2.68. The van der Waals surface area contributed by atoms with E-state index in [1.165, 1.54) is 0 Å². The van der Waals surface area contributed by atoms with Crippen molar-refractivity contribution in [2.45, 2.75) is 6.42 Å². The maximum absolute atomic E-state index is 10.8. The average molecular weight is 250 g/mol. The van der Waals surface area contributed by atoms with Crippen molar-refractivity contribution < 1.29 is 9.90 Å². The molecule has 0 bridgehead atoms. The first-order valence-corrected chi connectivity index (χ1v) is 5.83. The summed E-state index contributed by atoms with van der Waals surface area (Å²) in [5.41, 5.74) is 2.07. The number of hydrogen-bond donors (Lipinski definition) is 2. The topological polar surface area (TPSA) is 53.1 Å². The summed E-state index contributed by atoms with van der Waals surface area (Å²) in [5, 5.41) is 9.77. The van der Waals surface area contributed by atoms with Crippen LogP contribution in [0, 0.1) is 0 Å². The number of aromatic amines is 1. The molecule has 3 nitrogen and oxygen atoms in total. The number of hydrogen-bond acceptors (Lipinski definition) is 1. The third-order valence-electron chi connectivity index (χ3n) is 2.46. The van der Waals surface area contributed by atoms with Gasteiger partial charge in [0.1, 0.15) is 5.69 Å². The molecular weight excluding hydrogens is 238 g/mol. The molecule has 0 saturated heterocycles. The van der Waals surface area contributed by atoms with Gasteiger partial charge < -0.3 is 10.1 Å². The number of nitrogens with one attached hydrogen (secondary N) is 1. The molecule has 0 aliphatic carbocycles. The second-order valence-corrected chi connectivity index (χ2v) is 4.09. The molecule has 0 atom stereocenters. The summed E-state index contributed by atoms with van der Waals surface area (Å²) in [6.45, 7) is 0. The van der Waals surface area contributed by atoms with Crippen molar-refractivity contribution >= 4 is 34.5 Å². The van der Waals surface area contributed by atoms with Crippen LogP contribution < -0.4 is 0 Å². The van der Waals surface area contributed by atoms with Crippen LogP contribution in [-0.4, -0.2) is 21.9 Å². The number of carbonyl (C=O) groups is 1. The molecule has 88 valence electrons. The SMILES string of the molecule is O=C(O)c1cc2ccc(C=CCCCl)cc2[nH]1. The number of aromatic carboxylic acids is 1. The van der Waals surface area contributed by atoms with Crippen molar-refractivity contribution in [3.63, 3.8) is 0 Å². The third kappa shape index (κ3) is 2.68. The molecule has 1 aromatic carbocycles. The van der Waals surface area contributed by atoms with Gasteiger partial charge >= 0.3 is 5.97 Å². The lowest BCUT2D eigenvalue weighted by Gasteiger charge is -1.94. The zero-order valence-corrected chi connectivity index (χ0v) is 9.87. The van der Waals surface area contributed by atoms with Crippen LogP contribution in [0.3, 0.4) is 0 Å². The first kappa shape index (κ1) is 11.7. The minimum absolute atomic E-state index is 0.210. The summed E-state index contributed by atoms with van der Waals surface area (Å²) in [4.78, 5) is 13.7. The Hall–Kier alpha value is -1.74. The number of carboxylic acids is 1. The first-order valence-electron chi connectivity index (χ1n) is 5.29. The number of allylic oxidation sites excluding steroid dienone is 1. The maximum Gasteiger partial charge on any atom is 0.352 e. The molecule has 17 heavy (non-hydrogen) atoms. The summed E-state index contributed by atoms with van der Waals surface area (Å²) >= 11 is 5.58. The highest BCUT2D eigenvalue weighted by Crippen LogP contribution is 2.18. The van der Waals surface area contributed by atoms with Gasteiger partial charge in [-0.15, -0.1) is 11.6 Å². The molecular formula is C13H12ClNO2. The zero-order valence-electron chi connectivity index (χ0n) is 9.11. The standard InChI is InChI=1S/C13H12ClNO2/c14-6-2-1-3-9-4-5-10-8-12(13(16)17)15-11(10)7-9/h1,3-5,7-8,15H,2,6H2,(H,16,17). The molecule has 0 amide bonds. The summed E-state index contributed by atoms with van der Waals surface area (Å²) in [5.74, 6) is -0.342. The fourth-order valence-electron chi connectivity index (χ4n) is 1.65. The minimum Gasteiger partial charge on any atom is -0.477 e. The van der Waals surface area contributed by atoms with E-state index in [2.05, 4.69) is 4.98 Å². The molecule has 0 fully saturated rings. The van der Waals surface area contributed by atoms with E-state index in [4.69, 9.17) is 16.7 Å². The van der Waals surface area contributed by atoms with Gasteiger partial charge in [0, 0.05) is 16.8 Å². The van der Waals surface area contributed by atoms with Gasteiger partial charge in [0.15, 0.2) is 0 Å². The fraction of sp³-hybridized carbons (Fsp3) is 0.154. The van der Waals surface area contributed by atoms with Gasteiger partial charge in [-0.25, -0.2) is 4.79 Å². The molecule has 2 N–H and O–H groups in total. The van der Waals surface area contributed by atoms with Gasteiger partial charge in [-0.2, -0.15) is 0 Å². The van der Waals surface area contributed by atoms with E-state index in [0.717, 1.165) is 22.9 Å². The van der Waals surface area contributed by atoms with Crippen molar-refractivity contribution in [3.8, 4) is 0 Å². The Morgan fingerprint density at radius 2 is 2.24 bits per heavy atom. The number of rotatable bonds is 4. The number of fused-ring (bicyclic) bond motifs is 1. The highest BCUT2D eigenvalue weighted by molar-refractivity contribution is 6.17. The normalized spacial score (nSPS) is 11.4. The van der Waals surface area contributed by atoms with Gasteiger partial charge in [-0.3, -0.25) is 0 Å². The van der Waals surface area contributed by atoms with E-state index in [-0.39, 0.29) is 5.69 Å². The number of aromatic nitrogens is 1. The van der Waals surface area contributed by atoms with Crippen molar-refractivity contribution in [1.29, 1.82) is 0 Å². The van der Waals surface area contributed by atoms with Crippen LogP contribution >= 0.6 is 11.6 Å². The molecule has 0 spiro atoms. The number of halogens is 1. The maximum atomic E-state index is 10.8. The Labute approximate surface area is 104 Å². The molecule has 1 heterocycles. The van der Waals surface area contributed by atoms with Crippen LogP contribution in [0.15, 0.2) is 30.3 Å². The molecule has 0 radical (unpaired) electrons. The Bertz CT molecular complexity index is 572. The fourth-order valence-corrected chi connectivity index (χ4v) is 1.77. The van der Waals surface area contributed by atoms with E-state index in [0.29, 0.717) is 5.88 Å². The molecule has 2 aromatic rings. The predicted octanol–water partition coefficient (Wildman–Crippen LogP) is 3.51. The van der Waals surface area contributed by atoms with Crippen molar-refractivity contribution in [1.82, 2.24) is 4.98 Å². The van der Waals surface area contributed by atoms with Gasteiger partial charge in [0.25, 0.3) is 0 Å². The monoisotopic (exact) mass is 249 g/mol. The van der Waals surface area contributed by atoms with Crippen molar-refractivity contribution in [2.24, 2.45) is 0 Å². The van der Waals surface area contributed by atoms with Crippen molar-refractivity contribution in [2.75, 3.05) is 5.88 Å². The largest absolute Gasteiger partial charge is 0.477 e. The van der Waals surface area contributed by atoms with E-state index in [9.17, 15) is 4.79 Å². The Morgan fingerprint density at radius 3 is 2.94 bits per heavy atom. The van der Waals surface area contributed by atoms with E-state index in [1.807, 2.05) is 30.4 Å². The summed E-state index contributed by atoms with van der Waals surface area (Å²) in [7, 11) is 0. The second kappa shape index (κ2) is 5.06. The Balaban J connectivity index is 2.33. The van der Waals surface area contributed by atoms with E-state index < -0.39 is 5.97 Å². The lowest BCUT2D eigenvalue weighted by atomic mass is 10.1. The highest BCUT2D eigenvalue weighted by Gasteiger charge is 2.06. The average Bonchev–Trinajstić information content (AvgIpc) is 2.72. The quantitative estimate of drug-likeness (QED) is 0.815. The molecule has 0 aliphatic rings. The molecule has 4 heteroatoms. The van der Waals surface area contributed by atoms with Crippen molar-refractivity contribution in [3.05, 3.63) is 41.6 Å². The summed E-state index contributed by atoms with van der Waals surface area (Å²) in [6, 6.07) is 7.40. The van der Waals surface area contributed by atoms with E-state index >= 15 is 0 Å². The highest BCUT2D eigenvalue weighted by atomic mass is 35.5. The molecule has 1 aromatic heterocycles. The summed E-state index contributed by atoms with van der Waals surface area (Å²) in [6.07, 6.45) is 4.79. The van der Waals surface area contributed by atoms with Gasteiger partial charge in [0.05, 0.1) is 0 Å². The van der Waals surface area contributed by atoms with Gasteiger partial charge in [-0.05, 0) is 24.1 Å². The van der Waals surface area contributed by atoms with Crippen LogP contribution in [0.5, 0.6) is 0 Å².